The topological polar surface area (TPSA) is 150 Å². The van der Waals surface area contributed by atoms with E-state index in [4.69, 9.17) is 10.2 Å². The summed E-state index contributed by atoms with van der Waals surface area (Å²) in [6, 6.07) is 0. The molecule has 19 heavy (non-hydrogen) atoms. The second-order valence-electron chi connectivity index (χ2n) is 3.79. The van der Waals surface area contributed by atoms with Crippen molar-refractivity contribution in [3.63, 3.8) is 0 Å². The number of carbonyl (C=O) groups excluding carboxylic acids is 2. The number of hydrogen-bond acceptors (Lipinski definition) is 6. The fraction of sp³-hybridized carbons (Fsp3) is 0.600. The van der Waals surface area contributed by atoms with Gasteiger partial charge in [0.25, 0.3) is 0 Å². The number of carbonyl (C=O) groups is 4. The summed E-state index contributed by atoms with van der Waals surface area (Å²) in [5.41, 5.74) is -2.71. The molecule has 0 saturated carbocycles. The first-order valence-electron chi connectivity index (χ1n) is 5.25. The number of amides is 1. The van der Waals surface area contributed by atoms with Gasteiger partial charge in [-0.3, -0.25) is 14.4 Å². The summed E-state index contributed by atoms with van der Waals surface area (Å²) in [7, 11) is 0. The predicted octanol–water partition coefficient (Wildman–Crippen LogP) is -1.65. The highest BCUT2D eigenvalue weighted by molar-refractivity contribution is 5.88. The van der Waals surface area contributed by atoms with E-state index in [9.17, 15) is 24.3 Å². The van der Waals surface area contributed by atoms with Gasteiger partial charge in [-0.25, -0.2) is 4.79 Å². The van der Waals surface area contributed by atoms with Crippen molar-refractivity contribution in [2.24, 2.45) is 0 Å². The number of ether oxygens (including phenoxy) is 1. The van der Waals surface area contributed by atoms with E-state index in [0.29, 0.717) is 0 Å². The van der Waals surface area contributed by atoms with Crippen LogP contribution in [0.1, 0.15) is 19.8 Å². The van der Waals surface area contributed by atoms with Crippen LogP contribution in [0.2, 0.25) is 0 Å². The van der Waals surface area contributed by atoms with E-state index in [-0.39, 0.29) is 19.1 Å². The van der Waals surface area contributed by atoms with E-state index in [1.807, 2.05) is 0 Å². The third-order valence-electron chi connectivity index (χ3n) is 2.02. The van der Waals surface area contributed by atoms with Crippen LogP contribution >= 0.6 is 0 Å². The molecular formula is C10H15NO8. The van der Waals surface area contributed by atoms with Crippen LogP contribution in [0.5, 0.6) is 0 Å². The van der Waals surface area contributed by atoms with Crippen LogP contribution in [0.25, 0.3) is 0 Å². The van der Waals surface area contributed by atoms with Gasteiger partial charge in [-0.1, -0.05) is 0 Å². The van der Waals surface area contributed by atoms with Crippen LogP contribution < -0.4 is 5.32 Å². The van der Waals surface area contributed by atoms with Gasteiger partial charge in [0.1, 0.15) is 6.61 Å². The molecule has 0 aromatic rings. The van der Waals surface area contributed by atoms with Crippen molar-refractivity contribution in [2.75, 3.05) is 13.2 Å². The zero-order chi connectivity index (χ0) is 15.1. The molecule has 0 aliphatic rings. The second-order valence-corrected chi connectivity index (χ2v) is 3.79. The fourth-order valence-electron chi connectivity index (χ4n) is 1.15. The van der Waals surface area contributed by atoms with Gasteiger partial charge in [-0.2, -0.15) is 0 Å². The van der Waals surface area contributed by atoms with Crippen LogP contribution in [-0.4, -0.2) is 57.9 Å². The summed E-state index contributed by atoms with van der Waals surface area (Å²) in [6.45, 7) is 1.09. The predicted molar refractivity (Wildman–Crippen MR) is 59.1 cm³/mol. The van der Waals surface area contributed by atoms with Crippen LogP contribution in [-0.2, 0) is 23.9 Å². The summed E-state index contributed by atoms with van der Waals surface area (Å²) in [4.78, 5) is 42.9. The molecule has 0 aliphatic heterocycles. The maximum Gasteiger partial charge on any atom is 0.336 e. The minimum absolute atomic E-state index is 0.0332. The van der Waals surface area contributed by atoms with Crippen LogP contribution in [0.15, 0.2) is 0 Å². The summed E-state index contributed by atoms with van der Waals surface area (Å²) in [5, 5.41) is 29.0. The lowest BCUT2D eigenvalue weighted by atomic mass is 9.96. The number of aliphatic carboxylic acids is 2. The Morgan fingerprint density at radius 3 is 2.16 bits per heavy atom. The SMILES string of the molecule is CC(=O)NCCOC(=O)CC(O)(CC(=O)O)C(=O)O. The first-order valence-corrected chi connectivity index (χ1v) is 5.25. The molecule has 9 heteroatoms. The molecule has 0 aromatic heterocycles. The molecule has 0 spiro atoms. The molecule has 0 heterocycles. The molecule has 0 saturated heterocycles. The largest absolute Gasteiger partial charge is 0.481 e. The number of nitrogens with one attached hydrogen (secondary N) is 1. The summed E-state index contributed by atoms with van der Waals surface area (Å²) < 4.78 is 4.55. The van der Waals surface area contributed by atoms with Gasteiger partial charge in [-0.05, 0) is 0 Å². The standard InChI is InChI=1S/C10H15NO8/c1-6(12)11-2-3-19-8(15)5-10(18,9(16)17)4-7(13)14/h18H,2-5H2,1H3,(H,11,12)(H,13,14)(H,16,17). The molecule has 0 aliphatic carbocycles. The number of carboxylic acid groups (broad SMARTS) is 2. The third kappa shape index (κ3) is 6.99. The Balaban J connectivity index is 4.29. The van der Waals surface area contributed by atoms with Gasteiger partial charge in [-0.15, -0.1) is 0 Å². The molecule has 108 valence electrons. The molecule has 9 nitrogen and oxygen atoms in total. The van der Waals surface area contributed by atoms with E-state index in [0.717, 1.165) is 0 Å². The third-order valence-corrected chi connectivity index (χ3v) is 2.02. The lowest BCUT2D eigenvalue weighted by molar-refractivity contribution is -0.171. The van der Waals surface area contributed by atoms with Crippen LogP contribution in [0.3, 0.4) is 0 Å². The van der Waals surface area contributed by atoms with Crippen molar-refractivity contribution in [1.29, 1.82) is 0 Å². The Hall–Kier alpha value is -2.16. The van der Waals surface area contributed by atoms with E-state index in [1.54, 1.807) is 0 Å². The van der Waals surface area contributed by atoms with Gasteiger partial charge >= 0.3 is 17.9 Å². The van der Waals surface area contributed by atoms with Crippen molar-refractivity contribution in [1.82, 2.24) is 5.32 Å². The quantitative estimate of drug-likeness (QED) is 0.304. The number of hydrogen-bond donors (Lipinski definition) is 4. The average molecular weight is 277 g/mol. The first kappa shape index (κ1) is 16.8. The smallest absolute Gasteiger partial charge is 0.336 e. The zero-order valence-electron chi connectivity index (χ0n) is 10.2. The lowest BCUT2D eigenvalue weighted by Crippen LogP contribution is -2.43. The summed E-state index contributed by atoms with van der Waals surface area (Å²) in [6.07, 6.45) is -2.11. The maximum atomic E-state index is 11.2. The van der Waals surface area contributed by atoms with Gasteiger partial charge in [0, 0.05) is 6.92 Å². The minimum Gasteiger partial charge on any atom is -0.481 e. The second kappa shape index (κ2) is 7.31. The molecule has 4 N–H and O–H groups in total. The van der Waals surface area contributed by atoms with Crippen LogP contribution in [0, 0.1) is 0 Å². The average Bonchev–Trinajstić information content (AvgIpc) is 2.22. The lowest BCUT2D eigenvalue weighted by Gasteiger charge is -2.20. The van der Waals surface area contributed by atoms with E-state index >= 15 is 0 Å². The van der Waals surface area contributed by atoms with Crippen molar-refractivity contribution >= 4 is 23.8 Å². The molecule has 1 amide bonds. The Labute approximate surface area is 108 Å². The number of rotatable bonds is 8. The normalized spacial score (nSPS) is 13.2. The van der Waals surface area contributed by atoms with Crippen molar-refractivity contribution < 1.29 is 39.2 Å². The molecular weight excluding hydrogens is 262 g/mol. The highest BCUT2D eigenvalue weighted by atomic mass is 16.5. The van der Waals surface area contributed by atoms with Gasteiger partial charge in [0.15, 0.2) is 5.60 Å². The molecule has 1 atom stereocenters. The highest BCUT2D eigenvalue weighted by Crippen LogP contribution is 2.16. The van der Waals surface area contributed by atoms with Crippen molar-refractivity contribution in [2.45, 2.75) is 25.4 Å². The molecule has 0 fully saturated rings. The summed E-state index contributed by atoms with van der Waals surface area (Å²) >= 11 is 0. The molecule has 1 unspecified atom stereocenters. The van der Waals surface area contributed by atoms with Gasteiger partial charge < -0.3 is 25.4 Å². The number of esters is 1. The van der Waals surface area contributed by atoms with E-state index < -0.39 is 36.4 Å². The van der Waals surface area contributed by atoms with Crippen molar-refractivity contribution in [3.05, 3.63) is 0 Å². The molecule has 0 aromatic carbocycles. The maximum absolute atomic E-state index is 11.2. The Morgan fingerprint density at radius 1 is 1.16 bits per heavy atom. The molecule has 0 rings (SSSR count). The summed E-state index contributed by atoms with van der Waals surface area (Å²) in [5.74, 6) is -4.79. The monoisotopic (exact) mass is 277 g/mol. The van der Waals surface area contributed by atoms with Gasteiger partial charge in [0.2, 0.25) is 5.91 Å². The fourth-order valence-corrected chi connectivity index (χ4v) is 1.15. The van der Waals surface area contributed by atoms with E-state index in [1.165, 1.54) is 6.92 Å². The first-order chi connectivity index (χ1) is 8.67. The Morgan fingerprint density at radius 2 is 1.74 bits per heavy atom. The van der Waals surface area contributed by atoms with Gasteiger partial charge in [0.05, 0.1) is 19.4 Å². The zero-order valence-corrected chi connectivity index (χ0v) is 10.2. The minimum atomic E-state index is -2.71. The van der Waals surface area contributed by atoms with Crippen molar-refractivity contribution in [3.8, 4) is 0 Å². The number of aliphatic hydroxyl groups is 1. The van der Waals surface area contributed by atoms with Crippen LogP contribution in [0.4, 0.5) is 0 Å². The van der Waals surface area contributed by atoms with E-state index in [2.05, 4.69) is 10.1 Å². The highest BCUT2D eigenvalue weighted by Gasteiger charge is 2.41. The molecule has 0 radical (unpaired) electrons. The number of carboxylic acids is 2. The molecule has 0 bridgehead atoms. The Bertz CT molecular complexity index is 380. The Kier molecular flexibility index (Phi) is 6.48.